The van der Waals surface area contributed by atoms with Crippen LogP contribution < -0.4 is 5.84 Å². The van der Waals surface area contributed by atoms with Crippen LogP contribution in [0.25, 0.3) is 11.4 Å². The Labute approximate surface area is 125 Å². The normalized spacial score (nSPS) is 11.4. The summed E-state index contributed by atoms with van der Waals surface area (Å²) in [4.78, 5) is 8.33. The van der Waals surface area contributed by atoms with E-state index < -0.39 is 5.82 Å². The number of aryl methyl sites for hydroxylation is 1. The van der Waals surface area contributed by atoms with Crippen LogP contribution in [0.4, 0.5) is 4.39 Å². The molecule has 2 heterocycles. The van der Waals surface area contributed by atoms with Crippen molar-refractivity contribution < 1.29 is 8.91 Å². The molecule has 112 valence electrons. The molecular formula is C14H13FN6O. The third-order valence-electron chi connectivity index (χ3n) is 3.15. The van der Waals surface area contributed by atoms with Gasteiger partial charge < -0.3 is 14.9 Å². The van der Waals surface area contributed by atoms with E-state index >= 15 is 0 Å². The zero-order valence-electron chi connectivity index (χ0n) is 11.8. The van der Waals surface area contributed by atoms with Crippen LogP contribution in [-0.2, 0) is 6.54 Å². The first-order chi connectivity index (χ1) is 10.7. The van der Waals surface area contributed by atoms with Crippen LogP contribution in [0, 0.1) is 12.7 Å². The Morgan fingerprint density at radius 1 is 1.45 bits per heavy atom. The molecule has 0 unspecified atom stereocenters. The van der Waals surface area contributed by atoms with Crippen molar-refractivity contribution in [3.05, 3.63) is 53.7 Å². The summed E-state index contributed by atoms with van der Waals surface area (Å²) in [5.41, 5.74) is 0.880. The topological polar surface area (TPSA) is 95.1 Å². The molecule has 0 saturated carbocycles. The molecule has 3 aromatic rings. The minimum atomic E-state index is -0.444. The van der Waals surface area contributed by atoms with Crippen LogP contribution in [0.15, 0.2) is 40.2 Å². The Balaban J connectivity index is 1.90. The smallest absolute Gasteiger partial charge is 0.246 e. The molecule has 7 nitrogen and oxygen atoms in total. The van der Waals surface area contributed by atoms with E-state index in [1.54, 1.807) is 24.5 Å². The highest BCUT2D eigenvalue weighted by Gasteiger charge is 2.14. The van der Waals surface area contributed by atoms with Gasteiger partial charge >= 0.3 is 0 Å². The van der Waals surface area contributed by atoms with Gasteiger partial charge in [-0.1, -0.05) is 11.2 Å². The molecule has 3 rings (SSSR count). The first-order valence-corrected chi connectivity index (χ1v) is 6.51. The van der Waals surface area contributed by atoms with E-state index in [-0.39, 0.29) is 11.4 Å². The number of benzene rings is 1. The average molecular weight is 300 g/mol. The molecule has 0 aliphatic heterocycles. The summed E-state index contributed by atoms with van der Waals surface area (Å²) in [5.74, 6) is 6.03. The zero-order valence-corrected chi connectivity index (χ0v) is 11.8. The predicted octanol–water partition coefficient (Wildman–Crippen LogP) is 1.72. The maximum atomic E-state index is 13.9. The summed E-state index contributed by atoms with van der Waals surface area (Å²) in [7, 11) is 0. The van der Waals surface area contributed by atoms with E-state index in [0.717, 1.165) is 5.82 Å². The lowest BCUT2D eigenvalue weighted by Gasteiger charge is -2.00. The third kappa shape index (κ3) is 2.71. The van der Waals surface area contributed by atoms with Crippen molar-refractivity contribution in [3.8, 4) is 11.4 Å². The van der Waals surface area contributed by atoms with Gasteiger partial charge in [0.05, 0.1) is 11.8 Å². The average Bonchev–Trinajstić information content (AvgIpc) is 3.12. The van der Waals surface area contributed by atoms with Gasteiger partial charge in [0.2, 0.25) is 11.7 Å². The van der Waals surface area contributed by atoms with Crippen molar-refractivity contribution in [2.24, 2.45) is 10.9 Å². The second kappa shape index (κ2) is 5.76. The summed E-state index contributed by atoms with van der Waals surface area (Å²) in [6.45, 7) is 2.25. The maximum Gasteiger partial charge on any atom is 0.246 e. The van der Waals surface area contributed by atoms with Gasteiger partial charge in [-0.3, -0.25) is 0 Å². The minimum absolute atomic E-state index is 0.178. The molecule has 0 fully saturated rings. The molecule has 0 aliphatic carbocycles. The van der Waals surface area contributed by atoms with Gasteiger partial charge in [-0.25, -0.2) is 9.37 Å². The van der Waals surface area contributed by atoms with Gasteiger partial charge in [0.25, 0.3) is 0 Å². The summed E-state index contributed by atoms with van der Waals surface area (Å²) in [5, 5.41) is 7.24. The highest BCUT2D eigenvalue weighted by atomic mass is 19.1. The molecule has 2 N–H and O–H groups in total. The molecule has 0 aliphatic rings. The number of nitrogens with two attached hydrogens (primary N) is 1. The van der Waals surface area contributed by atoms with Gasteiger partial charge in [-0.2, -0.15) is 10.1 Å². The number of rotatable bonds is 4. The summed E-state index contributed by atoms with van der Waals surface area (Å²) in [6.07, 6.45) is 4.90. The maximum absolute atomic E-state index is 13.9. The molecule has 0 radical (unpaired) electrons. The molecular weight excluding hydrogens is 287 g/mol. The van der Waals surface area contributed by atoms with Crippen molar-refractivity contribution in [1.82, 2.24) is 19.7 Å². The highest BCUT2D eigenvalue weighted by molar-refractivity contribution is 5.81. The second-order valence-electron chi connectivity index (χ2n) is 4.63. The van der Waals surface area contributed by atoms with Gasteiger partial charge in [0, 0.05) is 12.4 Å². The molecule has 0 bridgehead atoms. The third-order valence-corrected chi connectivity index (χ3v) is 3.15. The number of hydrazone groups is 1. The van der Waals surface area contributed by atoms with Crippen LogP contribution in [0.2, 0.25) is 0 Å². The van der Waals surface area contributed by atoms with Crippen LogP contribution >= 0.6 is 0 Å². The van der Waals surface area contributed by atoms with Gasteiger partial charge in [0.1, 0.15) is 18.2 Å². The largest absolute Gasteiger partial charge is 0.337 e. The SMILES string of the molecule is Cc1nccn1Cc1nc(-c2cc(C=NN)ccc2F)no1. The molecule has 0 saturated heterocycles. The Hall–Kier alpha value is -3.03. The summed E-state index contributed by atoms with van der Waals surface area (Å²) >= 11 is 0. The Morgan fingerprint density at radius 2 is 2.32 bits per heavy atom. The number of halogens is 1. The lowest BCUT2D eigenvalue weighted by atomic mass is 10.1. The summed E-state index contributed by atoms with van der Waals surface area (Å²) < 4.78 is 21.0. The Morgan fingerprint density at radius 3 is 3.05 bits per heavy atom. The number of aromatic nitrogens is 4. The lowest BCUT2D eigenvalue weighted by Crippen LogP contribution is -2.01. The quantitative estimate of drug-likeness (QED) is 0.449. The van der Waals surface area contributed by atoms with Crippen LogP contribution in [0.3, 0.4) is 0 Å². The molecule has 8 heteroatoms. The van der Waals surface area contributed by atoms with Crippen LogP contribution in [0.1, 0.15) is 17.3 Å². The zero-order chi connectivity index (χ0) is 15.5. The molecule has 1 aromatic carbocycles. The van der Waals surface area contributed by atoms with Crippen molar-refractivity contribution in [2.45, 2.75) is 13.5 Å². The van der Waals surface area contributed by atoms with Gasteiger partial charge in [-0.15, -0.1) is 0 Å². The van der Waals surface area contributed by atoms with E-state index in [9.17, 15) is 4.39 Å². The second-order valence-corrected chi connectivity index (χ2v) is 4.63. The van der Waals surface area contributed by atoms with Crippen LogP contribution in [-0.4, -0.2) is 25.9 Å². The number of nitrogens with zero attached hydrogens (tertiary/aromatic N) is 5. The Kier molecular flexibility index (Phi) is 3.65. The standard InChI is InChI=1S/C14H13FN6O/c1-9-17-4-5-21(9)8-13-19-14(20-22-13)11-6-10(7-18-16)2-3-12(11)15/h2-7H,8,16H2,1H3. The van der Waals surface area contributed by atoms with E-state index in [1.807, 2.05) is 11.5 Å². The predicted molar refractivity (Wildman–Crippen MR) is 77.5 cm³/mol. The van der Waals surface area contributed by atoms with E-state index in [1.165, 1.54) is 12.3 Å². The van der Waals surface area contributed by atoms with Crippen molar-refractivity contribution >= 4 is 6.21 Å². The number of imidazole rings is 1. The van der Waals surface area contributed by atoms with Crippen LogP contribution in [0.5, 0.6) is 0 Å². The molecule has 2 aromatic heterocycles. The number of hydrogen-bond acceptors (Lipinski definition) is 6. The van der Waals surface area contributed by atoms with Gasteiger partial charge in [-0.05, 0) is 24.6 Å². The fraction of sp³-hybridized carbons (Fsp3) is 0.143. The van der Waals surface area contributed by atoms with Crippen molar-refractivity contribution in [3.63, 3.8) is 0 Å². The molecule has 0 atom stereocenters. The Bertz CT molecular complexity index is 822. The fourth-order valence-electron chi connectivity index (χ4n) is 2.03. The minimum Gasteiger partial charge on any atom is -0.337 e. The number of hydrogen-bond donors (Lipinski definition) is 1. The summed E-state index contributed by atoms with van der Waals surface area (Å²) in [6, 6.07) is 4.43. The first kappa shape index (κ1) is 13.9. The first-order valence-electron chi connectivity index (χ1n) is 6.51. The molecule has 0 spiro atoms. The van der Waals surface area contributed by atoms with E-state index in [2.05, 4.69) is 20.2 Å². The molecule has 22 heavy (non-hydrogen) atoms. The molecule has 0 amide bonds. The van der Waals surface area contributed by atoms with E-state index in [4.69, 9.17) is 10.4 Å². The highest BCUT2D eigenvalue weighted by Crippen LogP contribution is 2.21. The fourth-order valence-corrected chi connectivity index (χ4v) is 2.03. The van der Waals surface area contributed by atoms with Gasteiger partial charge in [0.15, 0.2) is 0 Å². The van der Waals surface area contributed by atoms with Crippen molar-refractivity contribution in [1.29, 1.82) is 0 Å². The van der Waals surface area contributed by atoms with Crippen molar-refractivity contribution in [2.75, 3.05) is 0 Å². The van der Waals surface area contributed by atoms with E-state index in [0.29, 0.717) is 18.0 Å². The lowest BCUT2D eigenvalue weighted by molar-refractivity contribution is 0.370. The monoisotopic (exact) mass is 300 g/mol.